The predicted octanol–water partition coefficient (Wildman–Crippen LogP) is 6.51. The van der Waals surface area contributed by atoms with Gasteiger partial charge in [-0.05, 0) is 77.7 Å². The van der Waals surface area contributed by atoms with E-state index in [1.807, 2.05) is 67.6 Å². The van der Waals surface area contributed by atoms with Crippen molar-refractivity contribution in [1.29, 1.82) is 0 Å². The van der Waals surface area contributed by atoms with Crippen LogP contribution in [0.25, 0.3) is 22.3 Å². The Hall–Kier alpha value is -3.99. The van der Waals surface area contributed by atoms with Crippen molar-refractivity contribution in [2.45, 2.75) is 6.92 Å². The number of nitrogens with one attached hydrogen (secondary N) is 2. The Bertz CT molecular complexity index is 1190. The lowest BCUT2D eigenvalue weighted by Gasteiger charge is -2.10. The van der Waals surface area contributed by atoms with Gasteiger partial charge in [-0.25, -0.2) is 9.18 Å². The molecule has 4 aromatic rings. The van der Waals surface area contributed by atoms with Gasteiger partial charge in [-0.2, -0.15) is 0 Å². The van der Waals surface area contributed by atoms with Crippen molar-refractivity contribution in [2.75, 3.05) is 10.6 Å². The second-order valence-corrected chi connectivity index (χ2v) is 6.93. The van der Waals surface area contributed by atoms with Crippen LogP contribution in [0.4, 0.5) is 20.6 Å². The van der Waals surface area contributed by atoms with E-state index in [0.29, 0.717) is 11.4 Å². The molecule has 4 rings (SSSR count). The second-order valence-electron chi connectivity index (χ2n) is 6.93. The summed E-state index contributed by atoms with van der Waals surface area (Å²) in [7, 11) is 0. The van der Waals surface area contributed by atoms with E-state index in [-0.39, 0.29) is 11.8 Å². The Labute approximate surface area is 174 Å². The number of hydrogen-bond acceptors (Lipinski definition) is 2. The number of carbonyl (C=O) groups is 1. The summed E-state index contributed by atoms with van der Waals surface area (Å²) in [6.07, 6.45) is 1.78. The number of hydrogen-bond donors (Lipinski definition) is 2. The number of halogens is 1. The molecule has 0 atom stereocenters. The lowest BCUT2D eigenvalue weighted by molar-refractivity contribution is 0.262. The van der Waals surface area contributed by atoms with Crippen LogP contribution in [0.15, 0.2) is 91.1 Å². The zero-order chi connectivity index (χ0) is 20.9. The Balaban J connectivity index is 1.43. The van der Waals surface area contributed by atoms with Gasteiger partial charge in [0, 0.05) is 23.3 Å². The highest BCUT2D eigenvalue weighted by molar-refractivity contribution is 6.00. The summed E-state index contributed by atoms with van der Waals surface area (Å²) >= 11 is 0. The summed E-state index contributed by atoms with van der Waals surface area (Å²) in [6, 6.07) is 24.9. The summed E-state index contributed by atoms with van der Waals surface area (Å²) in [5.41, 5.74) is 5.96. The van der Waals surface area contributed by atoms with Gasteiger partial charge in [0.15, 0.2) is 0 Å². The van der Waals surface area contributed by atoms with E-state index in [9.17, 15) is 9.18 Å². The molecule has 2 amide bonds. The molecule has 1 heterocycles. The maximum atomic E-state index is 13.5. The molecule has 0 radical (unpaired) electrons. The molecule has 0 saturated heterocycles. The Morgan fingerprint density at radius 2 is 1.40 bits per heavy atom. The topological polar surface area (TPSA) is 54.0 Å². The quantitative estimate of drug-likeness (QED) is 0.413. The van der Waals surface area contributed by atoms with Gasteiger partial charge in [-0.3, -0.25) is 4.98 Å². The first-order valence-corrected chi connectivity index (χ1v) is 9.54. The molecule has 0 fully saturated rings. The highest BCUT2D eigenvalue weighted by Gasteiger charge is 2.06. The fourth-order valence-electron chi connectivity index (χ4n) is 3.21. The van der Waals surface area contributed by atoms with Crippen LogP contribution in [0.1, 0.15) is 5.69 Å². The average Bonchev–Trinajstić information content (AvgIpc) is 2.74. The number of aryl methyl sites for hydroxylation is 1. The summed E-state index contributed by atoms with van der Waals surface area (Å²) in [5.74, 6) is -0.297. The predicted molar refractivity (Wildman–Crippen MR) is 119 cm³/mol. The number of benzene rings is 3. The van der Waals surface area contributed by atoms with Crippen molar-refractivity contribution >= 4 is 17.4 Å². The van der Waals surface area contributed by atoms with E-state index < -0.39 is 0 Å². The van der Waals surface area contributed by atoms with Crippen LogP contribution >= 0.6 is 0 Å². The maximum Gasteiger partial charge on any atom is 0.323 e. The fraction of sp³-hybridized carbons (Fsp3) is 0.0400. The summed E-state index contributed by atoms with van der Waals surface area (Å²) in [5, 5.41) is 5.64. The second kappa shape index (κ2) is 8.57. The van der Waals surface area contributed by atoms with Crippen LogP contribution in [0.3, 0.4) is 0 Å². The van der Waals surface area contributed by atoms with Crippen molar-refractivity contribution < 1.29 is 9.18 Å². The highest BCUT2D eigenvalue weighted by Crippen LogP contribution is 2.24. The van der Waals surface area contributed by atoms with Gasteiger partial charge in [0.2, 0.25) is 0 Å². The molecular formula is C25H20FN3O. The third-order valence-corrected chi connectivity index (χ3v) is 4.65. The normalized spacial score (nSPS) is 10.5. The lowest BCUT2D eigenvalue weighted by Crippen LogP contribution is -2.19. The Morgan fingerprint density at radius 1 is 0.733 bits per heavy atom. The largest absolute Gasteiger partial charge is 0.323 e. The van der Waals surface area contributed by atoms with Crippen molar-refractivity contribution in [2.24, 2.45) is 0 Å². The van der Waals surface area contributed by atoms with E-state index in [4.69, 9.17) is 0 Å². The molecule has 3 aromatic carbocycles. The van der Waals surface area contributed by atoms with Gasteiger partial charge in [-0.1, -0.05) is 36.4 Å². The van der Waals surface area contributed by atoms with E-state index in [1.54, 1.807) is 18.3 Å². The molecule has 30 heavy (non-hydrogen) atoms. The molecule has 1 aromatic heterocycles. The summed E-state index contributed by atoms with van der Waals surface area (Å²) in [6.45, 7) is 1.95. The smallest absolute Gasteiger partial charge is 0.308 e. The van der Waals surface area contributed by atoms with E-state index in [1.165, 1.54) is 12.1 Å². The number of amides is 2. The maximum absolute atomic E-state index is 13.5. The first kappa shape index (κ1) is 19.3. The van der Waals surface area contributed by atoms with E-state index in [2.05, 4.69) is 15.6 Å². The van der Waals surface area contributed by atoms with Crippen molar-refractivity contribution in [3.8, 4) is 22.3 Å². The van der Waals surface area contributed by atoms with Crippen LogP contribution in [0.2, 0.25) is 0 Å². The molecule has 4 nitrogen and oxygen atoms in total. The van der Waals surface area contributed by atoms with Gasteiger partial charge in [-0.15, -0.1) is 0 Å². The van der Waals surface area contributed by atoms with Gasteiger partial charge < -0.3 is 10.6 Å². The average molecular weight is 397 g/mol. The molecule has 0 bridgehead atoms. The number of urea groups is 1. The lowest BCUT2D eigenvalue weighted by atomic mass is 10.1. The highest BCUT2D eigenvalue weighted by atomic mass is 19.1. The van der Waals surface area contributed by atoms with Crippen molar-refractivity contribution in [1.82, 2.24) is 4.98 Å². The van der Waals surface area contributed by atoms with E-state index >= 15 is 0 Å². The minimum atomic E-state index is -0.348. The third-order valence-electron chi connectivity index (χ3n) is 4.65. The zero-order valence-electron chi connectivity index (χ0n) is 16.4. The summed E-state index contributed by atoms with van der Waals surface area (Å²) < 4.78 is 13.5. The zero-order valence-corrected chi connectivity index (χ0v) is 16.4. The van der Waals surface area contributed by atoms with Crippen LogP contribution < -0.4 is 10.6 Å². The van der Waals surface area contributed by atoms with Crippen molar-refractivity contribution in [3.05, 3.63) is 103 Å². The number of rotatable bonds is 4. The minimum Gasteiger partial charge on any atom is -0.308 e. The number of aromatic nitrogens is 1. The molecule has 0 saturated carbocycles. The number of nitrogens with zero attached hydrogens (tertiary/aromatic N) is 1. The van der Waals surface area contributed by atoms with Crippen molar-refractivity contribution in [3.63, 3.8) is 0 Å². The first-order chi connectivity index (χ1) is 14.6. The molecule has 0 aliphatic rings. The Kier molecular flexibility index (Phi) is 5.52. The fourth-order valence-corrected chi connectivity index (χ4v) is 3.21. The van der Waals surface area contributed by atoms with Gasteiger partial charge in [0.1, 0.15) is 5.82 Å². The Morgan fingerprint density at radius 3 is 2.13 bits per heavy atom. The van der Waals surface area contributed by atoms with Gasteiger partial charge in [0.05, 0.1) is 0 Å². The molecule has 0 spiro atoms. The van der Waals surface area contributed by atoms with Crippen LogP contribution in [-0.4, -0.2) is 11.0 Å². The van der Waals surface area contributed by atoms with Crippen LogP contribution in [0, 0.1) is 12.7 Å². The monoisotopic (exact) mass is 397 g/mol. The molecule has 0 unspecified atom stereocenters. The van der Waals surface area contributed by atoms with E-state index in [0.717, 1.165) is 27.9 Å². The molecule has 2 N–H and O–H groups in total. The van der Waals surface area contributed by atoms with Gasteiger partial charge in [0.25, 0.3) is 0 Å². The number of anilines is 2. The molecule has 5 heteroatoms. The first-order valence-electron chi connectivity index (χ1n) is 9.54. The SMILES string of the molecule is Cc1cc(-c2ccc(NC(=O)Nc3cccc(-c4cccc(F)c4)c3)cc2)ccn1. The van der Waals surface area contributed by atoms with Crippen LogP contribution in [-0.2, 0) is 0 Å². The van der Waals surface area contributed by atoms with Gasteiger partial charge >= 0.3 is 6.03 Å². The molecule has 0 aliphatic heterocycles. The minimum absolute atomic E-state index is 0.297. The standard InChI is InChI=1S/C25H20FN3O/c1-17-14-21(12-13-27-17)18-8-10-23(11-9-18)28-25(30)29-24-7-3-5-20(16-24)19-4-2-6-22(26)15-19/h2-16H,1H3,(H2,28,29,30). The number of pyridine rings is 1. The number of carbonyl (C=O) groups excluding carboxylic acids is 1. The molecule has 148 valence electrons. The molecular weight excluding hydrogens is 377 g/mol. The third kappa shape index (κ3) is 4.70. The summed E-state index contributed by atoms with van der Waals surface area (Å²) in [4.78, 5) is 16.6. The van der Waals surface area contributed by atoms with Crippen LogP contribution in [0.5, 0.6) is 0 Å². The molecule has 0 aliphatic carbocycles.